The van der Waals surface area contributed by atoms with E-state index in [1.807, 2.05) is 0 Å². The number of hydrogen-bond acceptors (Lipinski definition) is 3. The van der Waals surface area contributed by atoms with Crippen molar-refractivity contribution in [2.24, 2.45) is 0 Å². The highest BCUT2D eigenvalue weighted by Gasteiger charge is 2.18. The van der Waals surface area contributed by atoms with Crippen LogP contribution in [0.25, 0.3) is 0 Å². The number of rotatable bonds is 3. The molecular weight excluding hydrogens is 192 g/mol. The first-order chi connectivity index (χ1) is 7.29. The van der Waals surface area contributed by atoms with E-state index >= 15 is 0 Å². The Balaban J connectivity index is 2.27. The molecule has 0 aliphatic carbocycles. The SMILES string of the molecule is O=C(C(=O)c1cnc[nH]1)c1ccccc1. The minimum Gasteiger partial charge on any atom is -0.342 e. The van der Waals surface area contributed by atoms with Crippen molar-refractivity contribution in [1.29, 1.82) is 0 Å². The van der Waals surface area contributed by atoms with Crippen molar-refractivity contribution in [2.75, 3.05) is 0 Å². The fourth-order valence-electron chi connectivity index (χ4n) is 1.22. The van der Waals surface area contributed by atoms with E-state index in [4.69, 9.17) is 0 Å². The van der Waals surface area contributed by atoms with Crippen molar-refractivity contribution in [3.8, 4) is 0 Å². The molecule has 0 bridgehead atoms. The number of imidazole rings is 1. The lowest BCUT2D eigenvalue weighted by Gasteiger charge is -1.96. The van der Waals surface area contributed by atoms with Gasteiger partial charge in [0.1, 0.15) is 5.69 Å². The van der Waals surface area contributed by atoms with Gasteiger partial charge in [0.05, 0.1) is 12.5 Å². The fourth-order valence-corrected chi connectivity index (χ4v) is 1.22. The molecule has 0 saturated heterocycles. The van der Waals surface area contributed by atoms with Crippen LogP contribution in [0.15, 0.2) is 42.9 Å². The molecule has 0 aliphatic rings. The Labute approximate surface area is 86.0 Å². The van der Waals surface area contributed by atoms with Gasteiger partial charge in [-0.3, -0.25) is 9.59 Å². The lowest BCUT2D eigenvalue weighted by Crippen LogP contribution is -2.14. The quantitative estimate of drug-likeness (QED) is 0.602. The Bertz CT molecular complexity index is 475. The lowest BCUT2D eigenvalue weighted by atomic mass is 10.1. The molecule has 4 heteroatoms. The van der Waals surface area contributed by atoms with Gasteiger partial charge in [-0.2, -0.15) is 0 Å². The van der Waals surface area contributed by atoms with E-state index in [-0.39, 0.29) is 5.69 Å². The van der Waals surface area contributed by atoms with E-state index in [2.05, 4.69) is 9.97 Å². The fraction of sp³-hybridized carbons (Fsp3) is 0. The molecule has 0 amide bonds. The van der Waals surface area contributed by atoms with Crippen molar-refractivity contribution in [1.82, 2.24) is 9.97 Å². The van der Waals surface area contributed by atoms with E-state index < -0.39 is 11.6 Å². The van der Waals surface area contributed by atoms with E-state index in [1.54, 1.807) is 30.3 Å². The van der Waals surface area contributed by atoms with Gasteiger partial charge in [0, 0.05) is 5.56 Å². The predicted molar refractivity (Wildman–Crippen MR) is 53.7 cm³/mol. The smallest absolute Gasteiger partial charge is 0.251 e. The van der Waals surface area contributed by atoms with Crippen molar-refractivity contribution >= 4 is 11.6 Å². The number of aromatic nitrogens is 2. The van der Waals surface area contributed by atoms with Crippen LogP contribution < -0.4 is 0 Å². The average molecular weight is 200 g/mol. The molecule has 0 atom stereocenters. The Hall–Kier alpha value is -2.23. The molecule has 4 nitrogen and oxygen atoms in total. The largest absolute Gasteiger partial charge is 0.342 e. The molecule has 0 radical (unpaired) electrons. The highest BCUT2D eigenvalue weighted by molar-refractivity contribution is 6.48. The topological polar surface area (TPSA) is 62.8 Å². The monoisotopic (exact) mass is 200 g/mol. The van der Waals surface area contributed by atoms with Crippen LogP contribution in [0.4, 0.5) is 0 Å². The van der Waals surface area contributed by atoms with Crippen LogP contribution in [0.1, 0.15) is 20.8 Å². The van der Waals surface area contributed by atoms with Gasteiger partial charge in [0.15, 0.2) is 0 Å². The van der Waals surface area contributed by atoms with Crippen LogP contribution in [0.2, 0.25) is 0 Å². The molecular formula is C11H8N2O2. The summed E-state index contributed by atoms with van der Waals surface area (Å²) in [5.41, 5.74) is 0.598. The molecule has 15 heavy (non-hydrogen) atoms. The van der Waals surface area contributed by atoms with E-state index in [0.29, 0.717) is 5.56 Å². The molecule has 1 N–H and O–H groups in total. The first-order valence-corrected chi connectivity index (χ1v) is 4.41. The molecule has 0 unspecified atom stereocenters. The highest BCUT2D eigenvalue weighted by Crippen LogP contribution is 2.04. The summed E-state index contributed by atoms with van der Waals surface area (Å²) < 4.78 is 0. The summed E-state index contributed by atoms with van der Waals surface area (Å²) in [5.74, 6) is -1.10. The van der Waals surface area contributed by atoms with Crippen molar-refractivity contribution < 1.29 is 9.59 Å². The molecule has 0 aliphatic heterocycles. The lowest BCUT2D eigenvalue weighted by molar-refractivity contribution is 0.0814. The first kappa shape index (κ1) is 9.33. The maximum Gasteiger partial charge on any atom is 0.251 e. The maximum atomic E-state index is 11.6. The average Bonchev–Trinajstić information content (AvgIpc) is 2.82. The number of ketones is 2. The van der Waals surface area contributed by atoms with Crippen LogP contribution in [0.5, 0.6) is 0 Å². The van der Waals surface area contributed by atoms with Gasteiger partial charge in [-0.25, -0.2) is 4.98 Å². The number of nitrogens with one attached hydrogen (secondary N) is 1. The third kappa shape index (κ3) is 1.83. The number of benzene rings is 1. The third-order valence-corrected chi connectivity index (χ3v) is 1.99. The summed E-state index contributed by atoms with van der Waals surface area (Å²) in [5, 5.41) is 0. The van der Waals surface area contributed by atoms with Crippen LogP contribution in [0, 0.1) is 0 Å². The zero-order chi connectivity index (χ0) is 10.7. The van der Waals surface area contributed by atoms with E-state index in [0.717, 1.165) is 0 Å². The zero-order valence-electron chi connectivity index (χ0n) is 7.81. The van der Waals surface area contributed by atoms with Gasteiger partial charge in [-0.15, -0.1) is 0 Å². The van der Waals surface area contributed by atoms with Crippen LogP contribution in [-0.4, -0.2) is 21.5 Å². The highest BCUT2D eigenvalue weighted by atomic mass is 16.2. The van der Waals surface area contributed by atoms with Gasteiger partial charge in [0.25, 0.3) is 5.78 Å². The van der Waals surface area contributed by atoms with Gasteiger partial charge < -0.3 is 4.98 Å². The molecule has 0 spiro atoms. The van der Waals surface area contributed by atoms with E-state index in [1.165, 1.54) is 12.5 Å². The van der Waals surface area contributed by atoms with Crippen molar-refractivity contribution in [3.63, 3.8) is 0 Å². The normalized spacial score (nSPS) is 9.87. The van der Waals surface area contributed by atoms with E-state index in [9.17, 15) is 9.59 Å². The minimum absolute atomic E-state index is 0.212. The summed E-state index contributed by atoms with van der Waals surface area (Å²) in [6.45, 7) is 0. The summed E-state index contributed by atoms with van der Waals surface area (Å²) in [4.78, 5) is 29.5. The Morgan fingerprint density at radius 1 is 1.07 bits per heavy atom. The van der Waals surface area contributed by atoms with Crippen LogP contribution >= 0.6 is 0 Å². The molecule has 0 fully saturated rings. The summed E-state index contributed by atoms with van der Waals surface area (Å²) in [6.07, 6.45) is 2.70. The van der Waals surface area contributed by atoms with Gasteiger partial charge in [-0.1, -0.05) is 30.3 Å². The van der Waals surface area contributed by atoms with Crippen LogP contribution in [0.3, 0.4) is 0 Å². The third-order valence-electron chi connectivity index (χ3n) is 1.99. The zero-order valence-corrected chi connectivity index (χ0v) is 7.81. The predicted octanol–water partition coefficient (Wildman–Crippen LogP) is 1.48. The standard InChI is InChI=1S/C11H8N2O2/c14-10(8-4-2-1-3-5-8)11(15)9-6-12-7-13-9/h1-7H,(H,12,13). The molecule has 2 rings (SSSR count). The number of hydrogen-bond donors (Lipinski definition) is 1. The second-order valence-electron chi connectivity index (χ2n) is 2.99. The number of nitrogens with zero attached hydrogens (tertiary/aromatic N) is 1. The Morgan fingerprint density at radius 3 is 2.40 bits per heavy atom. The van der Waals surface area contributed by atoms with Crippen LogP contribution in [-0.2, 0) is 0 Å². The molecule has 2 aromatic rings. The molecule has 1 heterocycles. The summed E-state index contributed by atoms with van der Waals surface area (Å²) in [6, 6.07) is 8.44. The number of carbonyl (C=O) groups is 2. The first-order valence-electron chi connectivity index (χ1n) is 4.41. The molecule has 74 valence electrons. The van der Waals surface area contributed by atoms with Gasteiger partial charge in [0.2, 0.25) is 5.78 Å². The number of carbonyl (C=O) groups excluding carboxylic acids is 2. The molecule has 1 aromatic carbocycles. The van der Waals surface area contributed by atoms with Gasteiger partial charge in [-0.05, 0) is 0 Å². The van der Waals surface area contributed by atoms with Crippen molar-refractivity contribution in [3.05, 3.63) is 54.1 Å². The Kier molecular flexibility index (Phi) is 2.41. The second kappa shape index (κ2) is 3.88. The number of aromatic amines is 1. The minimum atomic E-state index is -0.571. The number of H-pyrrole nitrogens is 1. The number of Topliss-reactive ketones (excluding diaryl/α,β-unsaturated/α-hetero) is 2. The van der Waals surface area contributed by atoms with Gasteiger partial charge >= 0.3 is 0 Å². The Morgan fingerprint density at radius 2 is 1.80 bits per heavy atom. The summed E-state index contributed by atoms with van der Waals surface area (Å²) in [7, 11) is 0. The summed E-state index contributed by atoms with van der Waals surface area (Å²) >= 11 is 0. The second-order valence-corrected chi connectivity index (χ2v) is 2.99. The molecule has 0 saturated carbocycles. The molecule has 1 aromatic heterocycles. The van der Waals surface area contributed by atoms with Crippen molar-refractivity contribution in [2.45, 2.75) is 0 Å². The maximum absolute atomic E-state index is 11.6.